The number of amides is 1. The number of fused-ring (bicyclic) bond motifs is 1. The minimum Gasteiger partial charge on any atom is -0.497 e. The maximum atomic E-state index is 12.1. The molecule has 0 aliphatic carbocycles. The molecule has 1 heterocycles. The minimum atomic E-state index is -0.0538. The van der Waals surface area contributed by atoms with Gasteiger partial charge in [-0.1, -0.05) is 18.2 Å². The Kier molecular flexibility index (Phi) is 4.52. The highest BCUT2D eigenvalue weighted by atomic mass is 32.2. The highest BCUT2D eigenvalue weighted by molar-refractivity contribution is 7.99. The van der Waals surface area contributed by atoms with Gasteiger partial charge in [-0.3, -0.25) is 4.79 Å². The number of imidazole rings is 1. The van der Waals surface area contributed by atoms with Crippen LogP contribution in [-0.2, 0) is 11.8 Å². The number of hydrogen-bond acceptors (Lipinski definition) is 3. The van der Waals surface area contributed by atoms with E-state index in [9.17, 15) is 4.79 Å². The van der Waals surface area contributed by atoms with Gasteiger partial charge in [0.05, 0.1) is 19.9 Å². The summed E-state index contributed by atoms with van der Waals surface area (Å²) < 4.78 is 7.20. The van der Waals surface area contributed by atoms with Crippen LogP contribution in [0.4, 0.5) is 5.69 Å². The first kappa shape index (κ1) is 15.4. The molecule has 0 saturated heterocycles. The molecule has 3 rings (SSSR count). The lowest BCUT2D eigenvalue weighted by Gasteiger charge is -2.05. The van der Waals surface area contributed by atoms with Crippen LogP contribution in [0.15, 0.2) is 53.7 Å². The largest absolute Gasteiger partial charge is 0.497 e. The Morgan fingerprint density at radius 1 is 1.26 bits per heavy atom. The summed E-state index contributed by atoms with van der Waals surface area (Å²) >= 11 is 1.47. The Balaban J connectivity index is 1.65. The number of ether oxygens (including phenoxy) is 1. The minimum absolute atomic E-state index is 0.0538. The molecule has 0 radical (unpaired) electrons. The van der Waals surface area contributed by atoms with Crippen LogP contribution in [0.5, 0.6) is 5.75 Å². The zero-order valence-electron chi connectivity index (χ0n) is 13.0. The summed E-state index contributed by atoms with van der Waals surface area (Å²) in [6.07, 6.45) is 0. The van der Waals surface area contributed by atoms with Gasteiger partial charge in [0, 0.05) is 11.8 Å². The number of thioether (sulfide) groups is 1. The molecular weight excluding hydrogens is 310 g/mol. The molecule has 6 heteroatoms. The highest BCUT2D eigenvalue weighted by Crippen LogP contribution is 2.19. The number of nitrogens with zero attached hydrogens (tertiary/aromatic N) is 1. The van der Waals surface area contributed by atoms with E-state index in [1.807, 2.05) is 49.5 Å². The summed E-state index contributed by atoms with van der Waals surface area (Å²) in [5.74, 6) is 0.997. The van der Waals surface area contributed by atoms with Crippen molar-refractivity contribution < 1.29 is 14.1 Å². The number of carbonyl (C=O) groups excluding carboxylic acids is 1. The van der Waals surface area contributed by atoms with Crippen LogP contribution in [-0.4, -0.2) is 23.8 Å². The number of methoxy groups -OCH3 is 1. The van der Waals surface area contributed by atoms with E-state index in [4.69, 9.17) is 4.74 Å². The summed E-state index contributed by atoms with van der Waals surface area (Å²) in [6.45, 7) is 0. The zero-order valence-corrected chi connectivity index (χ0v) is 13.8. The van der Waals surface area contributed by atoms with Crippen LogP contribution in [0.1, 0.15) is 0 Å². The molecule has 0 saturated carbocycles. The number of H-pyrrole nitrogens is 1. The molecule has 118 valence electrons. The van der Waals surface area contributed by atoms with Gasteiger partial charge in [-0.2, -0.15) is 0 Å². The van der Waals surface area contributed by atoms with Crippen molar-refractivity contribution in [1.29, 1.82) is 0 Å². The van der Waals surface area contributed by atoms with Crippen molar-refractivity contribution in [3.05, 3.63) is 48.5 Å². The molecule has 2 aromatic carbocycles. The Hall–Kier alpha value is -2.47. The van der Waals surface area contributed by atoms with E-state index in [0.717, 1.165) is 27.6 Å². The van der Waals surface area contributed by atoms with Crippen molar-refractivity contribution in [2.75, 3.05) is 18.2 Å². The number of benzene rings is 2. The molecule has 3 aromatic rings. The van der Waals surface area contributed by atoms with E-state index in [-0.39, 0.29) is 5.91 Å². The third kappa shape index (κ3) is 3.48. The molecular formula is C17H18N3O2S+. The Morgan fingerprint density at radius 3 is 2.87 bits per heavy atom. The van der Waals surface area contributed by atoms with Gasteiger partial charge in [0.15, 0.2) is 11.0 Å². The number of aromatic nitrogens is 2. The number of aryl methyl sites for hydroxylation is 1. The van der Waals surface area contributed by atoms with Gasteiger partial charge in [0.1, 0.15) is 5.75 Å². The highest BCUT2D eigenvalue weighted by Gasteiger charge is 2.16. The monoisotopic (exact) mass is 328 g/mol. The topological polar surface area (TPSA) is 58.0 Å². The maximum Gasteiger partial charge on any atom is 0.317 e. The van der Waals surface area contributed by atoms with E-state index < -0.39 is 0 Å². The summed E-state index contributed by atoms with van der Waals surface area (Å²) in [4.78, 5) is 15.4. The Labute approximate surface area is 138 Å². The first-order chi connectivity index (χ1) is 11.2. The Bertz CT molecular complexity index is 845. The molecule has 0 unspecified atom stereocenters. The molecule has 0 aliphatic heterocycles. The molecule has 0 atom stereocenters. The molecule has 0 aliphatic rings. The molecule has 2 N–H and O–H groups in total. The first-order valence-corrected chi connectivity index (χ1v) is 8.19. The lowest BCUT2D eigenvalue weighted by Crippen LogP contribution is -2.29. The predicted octanol–water partition coefficient (Wildman–Crippen LogP) is 2.73. The van der Waals surface area contributed by atoms with Gasteiger partial charge >= 0.3 is 5.16 Å². The first-order valence-electron chi connectivity index (χ1n) is 7.21. The van der Waals surface area contributed by atoms with Gasteiger partial charge in [0.25, 0.3) is 0 Å². The zero-order chi connectivity index (χ0) is 16.2. The number of carbonyl (C=O) groups is 1. The number of aromatic amines is 1. The van der Waals surface area contributed by atoms with Crippen LogP contribution in [0.25, 0.3) is 11.0 Å². The van der Waals surface area contributed by atoms with Crippen molar-refractivity contribution >= 4 is 34.4 Å². The summed E-state index contributed by atoms with van der Waals surface area (Å²) in [5, 5.41) is 3.83. The molecule has 0 fully saturated rings. The van der Waals surface area contributed by atoms with Gasteiger partial charge < -0.3 is 10.1 Å². The Morgan fingerprint density at radius 2 is 2.09 bits per heavy atom. The normalized spacial score (nSPS) is 10.7. The van der Waals surface area contributed by atoms with Crippen LogP contribution in [0.3, 0.4) is 0 Å². The second-order valence-electron chi connectivity index (χ2n) is 5.08. The maximum absolute atomic E-state index is 12.1. The molecule has 0 spiro atoms. The third-order valence-corrected chi connectivity index (χ3v) is 4.56. The number of anilines is 1. The second-order valence-corrected chi connectivity index (χ2v) is 6.04. The fraction of sp³-hybridized carbons (Fsp3) is 0.176. The molecule has 23 heavy (non-hydrogen) atoms. The fourth-order valence-corrected chi connectivity index (χ4v) is 3.16. The van der Waals surface area contributed by atoms with Crippen molar-refractivity contribution in [3.8, 4) is 5.75 Å². The predicted molar refractivity (Wildman–Crippen MR) is 91.8 cm³/mol. The smallest absolute Gasteiger partial charge is 0.317 e. The van der Waals surface area contributed by atoms with Crippen molar-refractivity contribution in [3.63, 3.8) is 0 Å². The number of para-hydroxylation sites is 2. The van der Waals surface area contributed by atoms with Gasteiger partial charge in [-0.15, -0.1) is 0 Å². The molecule has 0 bridgehead atoms. The lowest BCUT2D eigenvalue weighted by atomic mass is 10.3. The van der Waals surface area contributed by atoms with E-state index in [1.165, 1.54) is 11.8 Å². The van der Waals surface area contributed by atoms with Crippen LogP contribution in [0, 0.1) is 0 Å². The van der Waals surface area contributed by atoms with Crippen LogP contribution < -0.4 is 14.6 Å². The molecule has 1 amide bonds. The number of hydrogen-bond donors (Lipinski definition) is 2. The SMILES string of the molecule is COc1cccc(NC(=O)CSc2[nH]c3ccccc3[n+]2C)c1. The fourth-order valence-electron chi connectivity index (χ4n) is 2.34. The average Bonchev–Trinajstić information content (AvgIpc) is 2.90. The van der Waals surface area contributed by atoms with Crippen LogP contribution >= 0.6 is 11.8 Å². The number of rotatable bonds is 5. The standard InChI is InChI=1S/C17H17N3O2S/c1-20-15-9-4-3-8-14(15)19-17(20)23-11-16(21)18-12-6-5-7-13(10-12)22-2/h3-10H,11H2,1-2H3,(H,18,21)/p+1. The quantitative estimate of drug-likeness (QED) is 0.559. The lowest BCUT2D eigenvalue weighted by molar-refractivity contribution is -0.683. The third-order valence-electron chi connectivity index (χ3n) is 3.51. The summed E-state index contributed by atoms with van der Waals surface area (Å²) in [7, 11) is 3.59. The average molecular weight is 328 g/mol. The van der Waals surface area contributed by atoms with Crippen molar-refractivity contribution in [2.24, 2.45) is 7.05 Å². The summed E-state index contributed by atoms with van der Waals surface area (Å²) in [6, 6.07) is 15.4. The van der Waals surface area contributed by atoms with E-state index in [0.29, 0.717) is 5.75 Å². The van der Waals surface area contributed by atoms with Gasteiger partial charge in [0.2, 0.25) is 5.91 Å². The van der Waals surface area contributed by atoms with E-state index in [1.54, 1.807) is 13.2 Å². The van der Waals surface area contributed by atoms with Crippen molar-refractivity contribution in [2.45, 2.75) is 5.16 Å². The van der Waals surface area contributed by atoms with Crippen molar-refractivity contribution in [1.82, 2.24) is 4.98 Å². The van der Waals surface area contributed by atoms with Gasteiger partial charge in [-0.05, 0) is 36.0 Å². The van der Waals surface area contributed by atoms with Crippen LogP contribution in [0.2, 0.25) is 0 Å². The summed E-state index contributed by atoms with van der Waals surface area (Å²) in [5.41, 5.74) is 2.91. The second kappa shape index (κ2) is 6.75. The number of nitrogens with one attached hydrogen (secondary N) is 2. The molecule has 5 nitrogen and oxygen atoms in total. The van der Waals surface area contributed by atoms with E-state index in [2.05, 4.69) is 14.9 Å². The molecule has 1 aromatic heterocycles. The van der Waals surface area contributed by atoms with E-state index >= 15 is 0 Å². The van der Waals surface area contributed by atoms with Gasteiger partial charge in [-0.25, -0.2) is 9.55 Å².